The van der Waals surface area contributed by atoms with Crippen LogP contribution in [0.25, 0.3) is 5.65 Å². The highest BCUT2D eigenvalue weighted by molar-refractivity contribution is 5.97. The highest BCUT2D eigenvalue weighted by Crippen LogP contribution is 2.16. The maximum atomic E-state index is 13.6. The van der Waals surface area contributed by atoms with Crippen LogP contribution in [0.15, 0.2) is 73.3 Å². The van der Waals surface area contributed by atoms with Crippen molar-refractivity contribution in [1.29, 1.82) is 0 Å². The standard InChI is InChI=1S/C21H17FN4O2/c22-18-4-2-1-3-16(18)14-28-17-7-5-15(6-8-17)13-25-21(27)19-20-24-10-12-26(20)11-9-23-19/h1-12H,13-14H2,(H,25,27). The van der Waals surface area contributed by atoms with Crippen LogP contribution in [0.3, 0.4) is 0 Å². The Morgan fingerprint density at radius 1 is 1.04 bits per heavy atom. The maximum absolute atomic E-state index is 13.6. The molecule has 28 heavy (non-hydrogen) atoms. The number of imidazole rings is 1. The molecule has 0 unspecified atom stereocenters. The van der Waals surface area contributed by atoms with Gasteiger partial charge in [0.05, 0.1) is 0 Å². The fourth-order valence-corrected chi connectivity index (χ4v) is 2.76. The summed E-state index contributed by atoms with van der Waals surface area (Å²) in [4.78, 5) is 20.7. The topological polar surface area (TPSA) is 68.5 Å². The molecule has 0 aliphatic carbocycles. The zero-order valence-corrected chi connectivity index (χ0v) is 14.9. The van der Waals surface area contributed by atoms with Gasteiger partial charge in [0.25, 0.3) is 5.91 Å². The predicted molar refractivity (Wildman–Crippen MR) is 101 cm³/mol. The fraction of sp³-hybridized carbons (Fsp3) is 0.0952. The molecule has 7 heteroatoms. The number of nitrogens with one attached hydrogen (secondary N) is 1. The van der Waals surface area contributed by atoms with Gasteiger partial charge in [-0.2, -0.15) is 0 Å². The number of hydrogen-bond acceptors (Lipinski definition) is 4. The van der Waals surface area contributed by atoms with E-state index in [1.807, 2.05) is 12.1 Å². The van der Waals surface area contributed by atoms with Crippen LogP contribution in [-0.2, 0) is 13.2 Å². The Bertz CT molecular complexity index is 1110. The quantitative estimate of drug-likeness (QED) is 0.560. The van der Waals surface area contributed by atoms with Crippen LogP contribution >= 0.6 is 0 Å². The number of halogens is 1. The summed E-state index contributed by atoms with van der Waals surface area (Å²) in [5.41, 5.74) is 2.19. The van der Waals surface area contributed by atoms with Gasteiger partial charge in [-0.3, -0.25) is 4.79 Å². The van der Waals surface area contributed by atoms with Crippen molar-refractivity contribution < 1.29 is 13.9 Å². The van der Waals surface area contributed by atoms with Gasteiger partial charge in [-0.1, -0.05) is 30.3 Å². The number of nitrogens with zero attached hydrogens (tertiary/aromatic N) is 3. The molecule has 0 fully saturated rings. The highest BCUT2D eigenvalue weighted by Gasteiger charge is 2.12. The second-order valence-corrected chi connectivity index (χ2v) is 6.14. The van der Waals surface area contributed by atoms with Crippen LogP contribution in [0.1, 0.15) is 21.6 Å². The largest absolute Gasteiger partial charge is 0.489 e. The molecule has 1 N–H and O–H groups in total. The zero-order chi connectivity index (χ0) is 19.3. The summed E-state index contributed by atoms with van der Waals surface area (Å²) in [6.07, 6.45) is 6.67. The molecule has 140 valence electrons. The summed E-state index contributed by atoms with van der Waals surface area (Å²) < 4.78 is 21.0. The first-order valence-electron chi connectivity index (χ1n) is 8.72. The number of carbonyl (C=O) groups is 1. The lowest BCUT2D eigenvalue weighted by atomic mass is 10.2. The van der Waals surface area contributed by atoms with Gasteiger partial charge in [0.1, 0.15) is 18.2 Å². The van der Waals surface area contributed by atoms with E-state index in [1.54, 1.807) is 59.5 Å². The number of hydrogen-bond donors (Lipinski definition) is 1. The summed E-state index contributed by atoms with van der Waals surface area (Å²) in [6, 6.07) is 13.8. The van der Waals surface area contributed by atoms with Gasteiger partial charge in [-0.05, 0) is 23.8 Å². The molecular formula is C21H17FN4O2. The molecule has 0 bridgehead atoms. The Kier molecular flexibility index (Phi) is 4.97. The van der Waals surface area contributed by atoms with Crippen molar-refractivity contribution in [1.82, 2.24) is 19.7 Å². The van der Waals surface area contributed by atoms with Gasteiger partial charge in [0.2, 0.25) is 0 Å². The minimum absolute atomic E-state index is 0.156. The van der Waals surface area contributed by atoms with E-state index in [-0.39, 0.29) is 24.0 Å². The van der Waals surface area contributed by atoms with Crippen molar-refractivity contribution in [2.75, 3.05) is 0 Å². The number of benzene rings is 2. The van der Waals surface area contributed by atoms with Gasteiger partial charge in [-0.25, -0.2) is 14.4 Å². The molecule has 2 aromatic carbocycles. The van der Waals surface area contributed by atoms with E-state index < -0.39 is 0 Å². The van der Waals surface area contributed by atoms with Gasteiger partial charge in [0.15, 0.2) is 11.3 Å². The SMILES string of the molecule is O=C(NCc1ccc(OCc2ccccc2F)cc1)c1nccn2ccnc12. The molecule has 0 atom stereocenters. The molecule has 4 aromatic rings. The second-order valence-electron chi connectivity index (χ2n) is 6.14. The lowest BCUT2D eigenvalue weighted by Gasteiger charge is -2.09. The molecule has 1 amide bonds. The first kappa shape index (κ1) is 17.7. The molecule has 0 saturated heterocycles. The van der Waals surface area contributed by atoms with Crippen LogP contribution in [-0.4, -0.2) is 20.3 Å². The third kappa shape index (κ3) is 3.83. The lowest BCUT2D eigenvalue weighted by Crippen LogP contribution is -2.24. The number of aromatic nitrogens is 3. The van der Waals surface area contributed by atoms with Gasteiger partial charge in [0, 0.05) is 36.9 Å². The van der Waals surface area contributed by atoms with E-state index in [0.29, 0.717) is 23.5 Å². The molecule has 6 nitrogen and oxygen atoms in total. The van der Waals surface area contributed by atoms with Gasteiger partial charge in [-0.15, -0.1) is 0 Å². The van der Waals surface area contributed by atoms with Crippen molar-refractivity contribution >= 4 is 11.6 Å². The van der Waals surface area contributed by atoms with Gasteiger partial charge < -0.3 is 14.5 Å². The predicted octanol–water partition coefficient (Wildman–Crippen LogP) is 3.38. The maximum Gasteiger partial charge on any atom is 0.274 e. The number of fused-ring (bicyclic) bond motifs is 1. The van der Waals surface area contributed by atoms with Crippen molar-refractivity contribution in [3.05, 3.63) is 96.0 Å². The van der Waals surface area contributed by atoms with Crippen molar-refractivity contribution in [2.24, 2.45) is 0 Å². The highest BCUT2D eigenvalue weighted by atomic mass is 19.1. The van der Waals surface area contributed by atoms with Crippen molar-refractivity contribution in [2.45, 2.75) is 13.2 Å². The molecule has 4 rings (SSSR count). The number of ether oxygens (including phenoxy) is 1. The minimum atomic E-state index is -0.295. The second kappa shape index (κ2) is 7.87. The Hall–Kier alpha value is -3.74. The van der Waals surface area contributed by atoms with Crippen LogP contribution in [0.2, 0.25) is 0 Å². The molecule has 2 aromatic heterocycles. The average Bonchev–Trinajstić information content (AvgIpc) is 3.21. The van der Waals surface area contributed by atoms with E-state index in [1.165, 1.54) is 6.07 Å². The molecule has 0 saturated carbocycles. The first-order valence-corrected chi connectivity index (χ1v) is 8.72. The Balaban J connectivity index is 1.35. The summed E-state index contributed by atoms with van der Waals surface area (Å²) >= 11 is 0. The minimum Gasteiger partial charge on any atom is -0.489 e. The molecule has 2 heterocycles. The number of rotatable bonds is 6. The van der Waals surface area contributed by atoms with E-state index >= 15 is 0 Å². The summed E-state index contributed by atoms with van der Waals surface area (Å²) in [5.74, 6) is 0.0433. The van der Waals surface area contributed by atoms with Crippen LogP contribution < -0.4 is 10.1 Å². The Morgan fingerprint density at radius 3 is 2.57 bits per heavy atom. The Morgan fingerprint density at radius 2 is 1.79 bits per heavy atom. The van der Waals surface area contributed by atoms with Crippen LogP contribution in [0.5, 0.6) is 5.75 Å². The lowest BCUT2D eigenvalue weighted by molar-refractivity contribution is 0.0947. The molecule has 0 spiro atoms. The third-order valence-corrected chi connectivity index (χ3v) is 4.26. The fourth-order valence-electron chi connectivity index (χ4n) is 2.76. The number of carbonyl (C=O) groups excluding carboxylic acids is 1. The van der Waals surface area contributed by atoms with Crippen molar-refractivity contribution in [3.8, 4) is 5.75 Å². The third-order valence-electron chi connectivity index (χ3n) is 4.26. The monoisotopic (exact) mass is 376 g/mol. The first-order chi connectivity index (χ1) is 13.7. The van der Waals surface area contributed by atoms with Gasteiger partial charge >= 0.3 is 0 Å². The molecule has 0 aliphatic rings. The zero-order valence-electron chi connectivity index (χ0n) is 14.9. The summed E-state index contributed by atoms with van der Waals surface area (Å²) in [6.45, 7) is 0.499. The van der Waals surface area contributed by atoms with Crippen LogP contribution in [0, 0.1) is 5.82 Å². The van der Waals surface area contributed by atoms with E-state index in [2.05, 4.69) is 15.3 Å². The molecule has 0 aliphatic heterocycles. The number of amides is 1. The van der Waals surface area contributed by atoms with Crippen molar-refractivity contribution in [3.63, 3.8) is 0 Å². The smallest absolute Gasteiger partial charge is 0.274 e. The molecular weight excluding hydrogens is 359 g/mol. The summed E-state index contributed by atoms with van der Waals surface area (Å²) in [7, 11) is 0. The average molecular weight is 376 g/mol. The van der Waals surface area contributed by atoms with E-state index in [4.69, 9.17) is 4.74 Å². The normalized spacial score (nSPS) is 10.8. The van der Waals surface area contributed by atoms with Crippen LogP contribution in [0.4, 0.5) is 4.39 Å². The van der Waals surface area contributed by atoms with E-state index in [9.17, 15) is 9.18 Å². The summed E-state index contributed by atoms with van der Waals surface area (Å²) in [5, 5.41) is 2.84. The molecule has 0 radical (unpaired) electrons. The Labute approximate surface area is 160 Å². The van der Waals surface area contributed by atoms with E-state index in [0.717, 1.165) is 5.56 Å².